The molecular weight excluding hydrogens is 904 g/mol. The zero-order valence-electron chi connectivity index (χ0n) is 33.2. The summed E-state index contributed by atoms with van der Waals surface area (Å²) >= 11 is 7.45. The first kappa shape index (κ1) is 47.7. The van der Waals surface area contributed by atoms with Gasteiger partial charge in [0.15, 0.2) is 5.13 Å². The zero-order valence-corrected chi connectivity index (χ0v) is 37.3. The first-order chi connectivity index (χ1) is 27.7. The molecule has 13 nitrogen and oxygen atoms in total. The van der Waals surface area contributed by atoms with E-state index in [1.807, 2.05) is 0 Å². The number of amides is 3. The molecular formula is C40H44Cl3F3N6O7S2. The third-order valence-corrected chi connectivity index (χ3v) is 13.6. The minimum atomic E-state index is -4.55. The number of hydrogen-bond acceptors (Lipinski definition) is 11. The van der Waals surface area contributed by atoms with Crippen LogP contribution >= 0.6 is 47.8 Å². The zero-order chi connectivity index (χ0) is 42.7. The van der Waals surface area contributed by atoms with Gasteiger partial charge in [-0.15, -0.1) is 42.7 Å². The van der Waals surface area contributed by atoms with Crippen LogP contribution in [0.15, 0.2) is 66.7 Å². The lowest BCUT2D eigenvalue weighted by Gasteiger charge is -2.35. The number of rotatable bonds is 13. The predicted octanol–water partition coefficient (Wildman–Crippen LogP) is 7.43. The van der Waals surface area contributed by atoms with Gasteiger partial charge in [0, 0.05) is 39.1 Å². The molecule has 3 fully saturated rings. The molecule has 7 rings (SSSR count). The standard InChI is InChI=1S/C40H42ClF3N6O7S2.2ClH/c1-6-22-17-39(22,36(53)49-59(54,55)26-11-12-26)48-33(51)30-16-25(57-34-28-15-24(41)10-13-27(28)31(56-5)18-45-34)19-50(30)35(52)32(38(2,3)4)47-37-46-29(20-58-37)21-8-7-9-23(14-21)40(42,43)44;;/h6-10,13-15,18,20,22,25-26,30,32H,1,11-12,16-17,19H2,2-5H3,(H,46,47)(H,48,51)(H,49,53);2*1H/t22-,25-,30+,32-,39-;;/m1../s1. The number of pyridine rings is 1. The Morgan fingerprint density at radius 3 is 2.44 bits per heavy atom. The van der Waals surface area contributed by atoms with Crippen LogP contribution in [0.2, 0.25) is 5.02 Å². The fourth-order valence-electron chi connectivity index (χ4n) is 7.24. The first-order valence-electron chi connectivity index (χ1n) is 18.7. The number of nitrogens with one attached hydrogen (secondary N) is 3. The number of likely N-dealkylation sites (tertiary alicyclic amines) is 1. The highest BCUT2D eigenvalue weighted by atomic mass is 35.5. The van der Waals surface area contributed by atoms with Crippen molar-refractivity contribution in [2.45, 2.75) is 81.6 Å². The van der Waals surface area contributed by atoms with Crippen LogP contribution in [-0.2, 0) is 30.6 Å². The minimum Gasteiger partial charge on any atom is -0.494 e. The van der Waals surface area contributed by atoms with E-state index in [1.165, 1.54) is 36.4 Å². The van der Waals surface area contributed by atoms with Crippen molar-refractivity contribution in [3.63, 3.8) is 0 Å². The third kappa shape index (κ3) is 9.98. The lowest BCUT2D eigenvalue weighted by molar-refractivity contribution is -0.141. The van der Waals surface area contributed by atoms with Crippen molar-refractivity contribution >= 4 is 91.4 Å². The molecule has 2 aromatic heterocycles. The Hall–Kier alpha value is -4.36. The van der Waals surface area contributed by atoms with Gasteiger partial charge in [-0.3, -0.25) is 19.1 Å². The summed E-state index contributed by atoms with van der Waals surface area (Å²) in [6.45, 7) is 9.08. The number of anilines is 1. The van der Waals surface area contributed by atoms with Gasteiger partial charge in [-0.05, 0) is 55.0 Å². The fourth-order valence-corrected chi connectivity index (χ4v) is 9.52. The number of carbonyl (C=O) groups excluding carboxylic acids is 3. The molecule has 0 bridgehead atoms. The van der Waals surface area contributed by atoms with Crippen molar-refractivity contribution in [2.75, 3.05) is 19.0 Å². The number of sulfonamides is 1. The summed E-state index contributed by atoms with van der Waals surface area (Å²) in [6, 6.07) is 7.63. The smallest absolute Gasteiger partial charge is 0.416 e. The average molecular weight is 948 g/mol. The van der Waals surface area contributed by atoms with E-state index in [0.29, 0.717) is 34.4 Å². The van der Waals surface area contributed by atoms with Gasteiger partial charge >= 0.3 is 6.18 Å². The maximum absolute atomic E-state index is 14.8. The van der Waals surface area contributed by atoms with Crippen molar-refractivity contribution in [2.24, 2.45) is 11.3 Å². The molecule has 1 saturated heterocycles. The number of benzene rings is 2. The molecule has 2 aromatic carbocycles. The van der Waals surface area contributed by atoms with Crippen LogP contribution < -0.4 is 24.8 Å². The number of hydrogen-bond donors (Lipinski definition) is 3. The number of ether oxygens (including phenoxy) is 2. The summed E-state index contributed by atoms with van der Waals surface area (Å²) in [5.41, 5.74) is -2.75. The molecule has 5 atom stereocenters. The highest BCUT2D eigenvalue weighted by Crippen LogP contribution is 2.46. The molecule has 61 heavy (non-hydrogen) atoms. The normalized spacial score (nSPS) is 21.6. The van der Waals surface area contributed by atoms with E-state index in [0.717, 1.165) is 23.5 Å². The average Bonchev–Trinajstić information content (AvgIpc) is 4.06. The lowest BCUT2D eigenvalue weighted by atomic mass is 9.85. The Labute approximate surface area is 372 Å². The van der Waals surface area contributed by atoms with Gasteiger partial charge in [-0.25, -0.2) is 18.4 Å². The van der Waals surface area contributed by atoms with E-state index in [-0.39, 0.29) is 66.5 Å². The second-order valence-corrected chi connectivity index (χ2v) is 19.3. The summed E-state index contributed by atoms with van der Waals surface area (Å²) in [7, 11) is -2.45. The molecule has 3 aliphatic rings. The van der Waals surface area contributed by atoms with Gasteiger partial charge in [-0.1, -0.05) is 50.6 Å². The fraction of sp³-hybridized carbons (Fsp3) is 0.425. The molecule has 3 amide bonds. The summed E-state index contributed by atoms with van der Waals surface area (Å²) in [5, 5.41) is 8.69. The SMILES string of the molecule is C=C[C@@H]1C[C@]1(NC(=O)[C@@H]1C[C@@H](Oc2ncc(OC)c3ccc(Cl)cc23)CN1C(=O)[C@@H](Nc1nc(-c2cccc(C(F)(F)F)c2)cs1)C(C)(C)C)C(=O)NS(=O)(=O)C1CC1.Cl.Cl. The Morgan fingerprint density at radius 1 is 1.10 bits per heavy atom. The number of halogens is 6. The number of thiazole rings is 1. The largest absolute Gasteiger partial charge is 0.494 e. The molecule has 0 radical (unpaired) electrons. The number of fused-ring (bicyclic) bond motifs is 1. The quantitative estimate of drug-likeness (QED) is 0.115. The Balaban J connectivity index is 0.00000352. The molecule has 3 N–H and O–H groups in total. The molecule has 2 saturated carbocycles. The van der Waals surface area contributed by atoms with Gasteiger partial charge in [0.1, 0.15) is 29.5 Å². The van der Waals surface area contributed by atoms with Gasteiger partial charge in [0.25, 0.3) is 5.91 Å². The van der Waals surface area contributed by atoms with E-state index in [4.69, 9.17) is 21.1 Å². The van der Waals surface area contributed by atoms with Crippen LogP contribution in [0, 0.1) is 11.3 Å². The monoisotopic (exact) mass is 946 g/mol. The number of aromatic nitrogens is 2. The van der Waals surface area contributed by atoms with E-state index in [2.05, 4.69) is 31.9 Å². The van der Waals surface area contributed by atoms with E-state index in [9.17, 15) is 36.0 Å². The molecule has 330 valence electrons. The predicted molar refractivity (Wildman–Crippen MR) is 231 cm³/mol. The Morgan fingerprint density at radius 2 is 1.82 bits per heavy atom. The van der Waals surface area contributed by atoms with Crippen LogP contribution in [0.25, 0.3) is 22.0 Å². The number of methoxy groups -OCH3 is 1. The van der Waals surface area contributed by atoms with Crippen molar-refractivity contribution in [3.8, 4) is 22.9 Å². The molecule has 1 aliphatic heterocycles. The van der Waals surface area contributed by atoms with Crippen LogP contribution in [0.4, 0.5) is 18.3 Å². The second-order valence-electron chi connectivity index (χ2n) is 16.0. The maximum atomic E-state index is 14.8. The lowest BCUT2D eigenvalue weighted by Crippen LogP contribution is -2.58. The highest BCUT2D eigenvalue weighted by molar-refractivity contribution is 7.91. The van der Waals surface area contributed by atoms with Crippen molar-refractivity contribution in [1.82, 2.24) is 24.9 Å². The molecule has 0 unspecified atom stereocenters. The number of nitrogens with zero attached hydrogens (tertiary/aromatic N) is 3. The summed E-state index contributed by atoms with van der Waals surface area (Å²) in [4.78, 5) is 53.2. The van der Waals surface area contributed by atoms with Gasteiger partial charge in [-0.2, -0.15) is 13.2 Å². The van der Waals surface area contributed by atoms with Gasteiger partial charge in [0.2, 0.25) is 27.7 Å². The van der Waals surface area contributed by atoms with Crippen molar-refractivity contribution in [1.29, 1.82) is 0 Å². The molecule has 4 aromatic rings. The van der Waals surface area contributed by atoms with Crippen molar-refractivity contribution in [3.05, 3.63) is 77.3 Å². The van der Waals surface area contributed by atoms with E-state index >= 15 is 0 Å². The molecule has 21 heteroatoms. The Bertz CT molecular complexity index is 2450. The summed E-state index contributed by atoms with van der Waals surface area (Å²) < 4.78 is 80.0. The van der Waals surface area contributed by atoms with E-state index in [1.54, 1.807) is 44.4 Å². The molecule has 3 heterocycles. The first-order valence-corrected chi connectivity index (χ1v) is 21.5. The molecule has 0 spiro atoms. The van der Waals surface area contributed by atoms with Gasteiger partial charge in [0.05, 0.1) is 36.4 Å². The minimum absolute atomic E-state index is 0. The second kappa shape index (κ2) is 17.8. The van der Waals surface area contributed by atoms with Gasteiger partial charge < -0.3 is 25.0 Å². The van der Waals surface area contributed by atoms with Crippen LogP contribution in [-0.4, -0.2) is 83.6 Å². The highest BCUT2D eigenvalue weighted by Gasteiger charge is 2.62. The van der Waals surface area contributed by atoms with Crippen molar-refractivity contribution < 1.29 is 45.4 Å². The third-order valence-electron chi connectivity index (χ3n) is 10.7. The number of carbonyl (C=O) groups is 3. The summed E-state index contributed by atoms with van der Waals surface area (Å²) in [6.07, 6.45) is -1.50. The summed E-state index contributed by atoms with van der Waals surface area (Å²) in [5.74, 6) is -2.05. The topological polar surface area (TPSA) is 169 Å². The van der Waals surface area contributed by atoms with Crippen LogP contribution in [0.5, 0.6) is 11.6 Å². The number of alkyl halides is 3. The molecule has 2 aliphatic carbocycles. The van der Waals surface area contributed by atoms with Crippen LogP contribution in [0.3, 0.4) is 0 Å². The van der Waals surface area contributed by atoms with Crippen LogP contribution in [0.1, 0.15) is 52.0 Å². The maximum Gasteiger partial charge on any atom is 0.416 e. The Kier molecular flexibility index (Phi) is 13.9. The van der Waals surface area contributed by atoms with E-state index < -0.39 is 79.8 Å².